The lowest BCUT2D eigenvalue weighted by atomic mass is 10.0. The van der Waals surface area contributed by atoms with Gasteiger partial charge >= 0.3 is 17.9 Å². The van der Waals surface area contributed by atoms with Gasteiger partial charge in [0.15, 0.2) is 6.10 Å². The number of unbranched alkanes of at least 4 members (excludes halogenated alkanes) is 32. The highest BCUT2D eigenvalue weighted by Crippen LogP contribution is 2.17. The fourth-order valence-electron chi connectivity index (χ4n) is 8.71. The van der Waals surface area contributed by atoms with Gasteiger partial charge in [0.2, 0.25) is 0 Å². The third-order valence-corrected chi connectivity index (χ3v) is 13.2. The molecule has 0 fully saturated rings. The van der Waals surface area contributed by atoms with Gasteiger partial charge in [-0.05, 0) is 57.8 Å². The minimum absolute atomic E-state index is 0.0944. The Morgan fingerprint density at radius 3 is 0.859 bits per heavy atom. The van der Waals surface area contributed by atoms with Gasteiger partial charge in [0.25, 0.3) is 0 Å². The van der Waals surface area contributed by atoms with E-state index in [1.807, 2.05) is 6.08 Å². The van der Waals surface area contributed by atoms with Crippen molar-refractivity contribution in [3.8, 4) is 0 Å². The Labute approximate surface area is 440 Å². The fraction of sp³-hybridized carbons (Fsp3) is 0.769. The molecule has 0 aromatic heterocycles. The van der Waals surface area contributed by atoms with Crippen LogP contribution in [0.1, 0.15) is 303 Å². The number of carbonyl (C=O) groups is 3. The predicted molar refractivity (Wildman–Crippen MR) is 307 cm³/mol. The zero-order chi connectivity index (χ0) is 51.4. The maximum absolute atomic E-state index is 12.9. The van der Waals surface area contributed by atoms with Crippen LogP contribution in [0, 0.1) is 0 Å². The highest BCUT2D eigenvalue weighted by atomic mass is 16.6. The standard InChI is InChI=1S/C65H114O6/c1-4-7-10-13-16-19-22-25-27-29-31-32-34-36-38-41-43-46-49-52-55-58-64(67)70-61-62(71-65(68)59-56-53-50-47-44-39-24-21-18-15-12-9-6-3)60-69-63(66)57-54-51-48-45-42-40-37-35-33-30-28-26-23-20-17-14-11-8-5-2/h8,11,17,20,26,28,33,35,40,42,48,51,62H,4-7,9-10,12-16,18-19,21-25,27,29-32,34,36-39,41,43-47,49-50,52-61H2,1-3H3/b11-8-,20-17-,28-26-,35-33-,42-40-,51-48-/t62-/m1/s1. The van der Waals surface area contributed by atoms with Crippen molar-refractivity contribution in [1.29, 1.82) is 0 Å². The molecule has 0 unspecified atom stereocenters. The summed E-state index contributed by atoms with van der Waals surface area (Å²) in [6.45, 7) is 6.50. The van der Waals surface area contributed by atoms with E-state index in [9.17, 15) is 14.4 Å². The number of allylic oxidation sites excluding steroid dienone is 12. The smallest absolute Gasteiger partial charge is 0.306 e. The molecular formula is C65H114O6. The predicted octanol–water partition coefficient (Wildman–Crippen LogP) is 20.5. The summed E-state index contributed by atoms with van der Waals surface area (Å²) in [5, 5.41) is 0. The van der Waals surface area contributed by atoms with Gasteiger partial charge in [-0.15, -0.1) is 0 Å². The van der Waals surface area contributed by atoms with E-state index in [4.69, 9.17) is 14.2 Å². The quantitative estimate of drug-likeness (QED) is 0.0261. The molecule has 0 heterocycles. The molecule has 71 heavy (non-hydrogen) atoms. The first kappa shape index (κ1) is 67.8. The third kappa shape index (κ3) is 57.6. The number of rotatable bonds is 55. The highest BCUT2D eigenvalue weighted by Gasteiger charge is 2.19. The van der Waals surface area contributed by atoms with Crippen molar-refractivity contribution in [2.24, 2.45) is 0 Å². The van der Waals surface area contributed by atoms with Gasteiger partial charge in [-0.2, -0.15) is 0 Å². The first-order valence-corrected chi connectivity index (χ1v) is 30.4. The fourth-order valence-corrected chi connectivity index (χ4v) is 8.71. The molecule has 0 saturated heterocycles. The van der Waals surface area contributed by atoms with E-state index in [-0.39, 0.29) is 37.5 Å². The maximum Gasteiger partial charge on any atom is 0.306 e. The van der Waals surface area contributed by atoms with Gasteiger partial charge < -0.3 is 14.2 Å². The summed E-state index contributed by atoms with van der Waals surface area (Å²) in [4.78, 5) is 38.2. The van der Waals surface area contributed by atoms with Gasteiger partial charge in [-0.25, -0.2) is 0 Å². The van der Waals surface area contributed by atoms with Crippen molar-refractivity contribution >= 4 is 17.9 Å². The van der Waals surface area contributed by atoms with Crippen molar-refractivity contribution in [2.75, 3.05) is 13.2 Å². The molecular weight excluding hydrogens is 877 g/mol. The molecule has 0 bridgehead atoms. The Morgan fingerprint density at radius 1 is 0.296 bits per heavy atom. The lowest BCUT2D eigenvalue weighted by Crippen LogP contribution is -2.30. The van der Waals surface area contributed by atoms with Crippen LogP contribution < -0.4 is 0 Å². The van der Waals surface area contributed by atoms with Crippen LogP contribution in [0.3, 0.4) is 0 Å². The second-order valence-corrected chi connectivity index (χ2v) is 20.2. The van der Waals surface area contributed by atoms with Crippen molar-refractivity contribution < 1.29 is 28.6 Å². The molecule has 6 heteroatoms. The van der Waals surface area contributed by atoms with Crippen LogP contribution >= 0.6 is 0 Å². The van der Waals surface area contributed by atoms with Gasteiger partial charge in [0, 0.05) is 19.3 Å². The van der Waals surface area contributed by atoms with Gasteiger partial charge in [-0.3, -0.25) is 14.4 Å². The van der Waals surface area contributed by atoms with Crippen LogP contribution in [-0.2, 0) is 28.6 Å². The second-order valence-electron chi connectivity index (χ2n) is 20.2. The van der Waals surface area contributed by atoms with Crippen LogP contribution in [0.4, 0.5) is 0 Å². The molecule has 0 aliphatic rings. The van der Waals surface area contributed by atoms with Crippen LogP contribution in [0.5, 0.6) is 0 Å². The van der Waals surface area contributed by atoms with E-state index in [1.54, 1.807) is 0 Å². The Kier molecular flexibility index (Phi) is 56.8. The molecule has 1 atom stereocenters. The molecule has 0 amide bonds. The monoisotopic (exact) mass is 991 g/mol. The van der Waals surface area contributed by atoms with Crippen LogP contribution in [0.25, 0.3) is 0 Å². The van der Waals surface area contributed by atoms with Crippen LogP contribution in [0.2, 0.25) is 0 Å². The lowest BCUT2D eigenvalue weighted by molar-refractivity contribution is -0.166. The number of hydrogen-bond acceptors (Lipinski definition) is 6. The lowest BCUT2D eigenvalue weighted by Gasteiger charge is -2.18. The zero-order valence-electron chi connectivity index (χ0n) is 47.0. The first-order chi connectivity index (χ1) is 35.0. The largest absolute Gasteiger partial charge is 0.462 e. The molecule has 0 rings (SSSR count). The Hall–Kier alpha value is -3.15. The minimum Gasteiger partial charge on any atom is -0.462 e. The van der Waals surface area contributed by atoms with Gasteiger partial charge in [0.05, 0.1) is 0 Å². The molecule has 0 aliphatic heterocycles. The number of carbonyl (C=O) groups excluding carboxylic acids is 3. The summed E-state index contributed by atoms with van der Waals surface area (Å²) in [7, 11) is 0. The van der Waals surface area contributed by atoms with Gasteiger partial charge in [-0.1, -0.05) is 299 Å². The third-order valence-electron chi connectivity index (χ3n) is 13.2. The highest BCUT2D eigenvalue weighted by molar-refractivity contribution is 5.71. The Morgan fingerprint density at radius 2 is 0.549 bits per heavy atom. The minimum atomic E-state index is -0.803. The van der Waals surface area contributed by atoms with E-state index in [0.717, 1.165) is 77.0 Å². The average Bonchev–Trinajstić information content (AvgIpc) is 3.37. The molecule has 0 saturated carbocycles. The molecule has 6 nitrogen and oxygen atoms in total. The molecule has 0 spiro atoms. The Balaban J connectivity index is 4.39. The summed E-state index contributed by atoms with van der Waals surface area (Å²) in [6.07, 6.45) is 76.3. The van der Waals surface area contributed by atoms with E-state index in [2.05, 4.69) is 87.6 Å². The Bertz CT molecular complexity index is 1320. The first-order valence-electron chi connectivity index (χ1n) is 30.4. The summed E-state index contributed by atoms with van der Waals surface area (Å²) in [5.41, 5.74) is 0. The zero-order valence-corrected chi connectivity index (χ0v) is 47.0. The van der Waals surface area contributed by atoms with Crippen LogP contribution in [-0.4, -0.2) is 37.2 Å². The number of esters is 3. The molecule has 0 aromatic rings. The maximum atomic E-state index is 12.9. The van der Waals surface area contributed by atoms with E-state index >= 15 is 0 Å². The molecule has 0 aromatic carbocycles. The van der Waals surface area contributed by atoms with Crippen molar-refractivity contribution in [3.63, 3.8) is 0 Å². The van der Waals surface area contributed by atoms with E-state index < -0.39 is 6.10 Å². The average molecular weight is 992 g/mol. The SMILES string of the molecule is CC/C=C\C/C=C\C/C=C\C/C=C\C/C=C\C/C=C\CCC(=O)OC[C@H](COC(=O)CCCCCCCCCCCCCCCCCCCCCCC)OC(=O)CCCCCCCCCCCCCCC. The molecule has 0 aliphatic carbocycles. The van der Waals surface area contributed by atoms with Gasteiger partial charge in [0.1, 0.15) is 13.2 Å². The van der Waals surface area contributed by atoms with E-state index in [0.29, 0.717) is 19.3 Å². The second kappa shape index (κ2) is 59.4. The molecule has 0 radical (unpaired) electrons. The summed E-state index contributed by atoms with van der Waals surface area (Å²) in [5.74, 6) is -0.968. The molecule has 410 valence electrons. The summed E-state index contributed by atoms with van der Waals surface area (Å²) < 4.78 is 16.8. The van der Waals surface area contributed by atoms with Crippen molar-refractivity contribution in [3.05, 3.63) is 72.9 Å². The topological polar surface area (TPSA) is 78.9 Å². The number of ether oxygens (including phenoxy) is 3. The van der Waals surface area contributed by atoms with Crippen molar-refractivity contribution in [2.45, 2.75) is 309 Å². The number of hydrogen-bond donors (Lipinski definition) is 0. The van der Waals surface area contributed by atoms with Crippen molar-refractivity contribution in [1.82, 2.24) is 0 Å². The summed E-state index contributed by atoms with van der Waals surface area (Å²) >= 11 is 0. The van der Waals surface area contributed by atoms with Crippen LogP contribution in [0.15, 0.2) is 72.9 Å². The molecule has 0 N–H and O–H groups in total. The summed E-state index contributed by atoms with van der Waals surface area (Å²) in [6, 6.07) is 0. The van der Waals surface area contributed by atoms with E-state index in [1.165, 1.54) is 180 Å². The normalized spacial score (nSPS) is 12.5.